The molecular weight excluding hydrogens is 380 g/mol. The molecule has 2 aliphatic rings. The van der Waals surface area contributed by atoms with Gasteiger partial charge >= 0.3 is 6.09 Å². The Bertz CT molecular complexity index is 789. The first-order chi connectivity index (χ1) is 14.2. The number of benzene rings is 1. The fourth-order valence-corrected chi connectivity index (χ4v) is 4.53. The van der Waals surface area contributed by atoms with Crippen molar-refractivity contribution in [1.29, 1.82) is 0 Å². The summed E-state index contributed by atoms with van der Waals surface area (Å²) >= 11 is 0. The monoisotopic (exact) mass is 414 g/mol. The Kier molecular flexibility index (Phi) is 6.86. The number of anilines is 1. The number of aliphatic hydroxyl groups is 1. The van der Waals surface area contributed by atoms with Crippen LogP contribution in [0.25, 0.3) is 6.08 Å². The molecule has 0 bridgehead atoms. The maximum absolute atomic E-state index is 12.9. The first-order valence-electron chi connectivity index (χ1n) is 10.9. The fourth-order valence-electron chi connectivity index (χ4n) is 4.53. The molecule has 1 N–H and O–H groups in total. The van der Waals surface area contributed by atoms with Gasteiger partial charge in [0.05, 0.1) is 0 Å². The number of amides is 1. The van der Waals surface area contributed by atoms with E-state index in [9.17, 15) is 9.59 Å². The number of para-hydroxylation sites is 1. The highest BCUT2D eigenvalue weighted by Gasteiger charge is 2.45. The van der Waals surface area contributed by atoms with Gasteiger partial charge in [0.2, 0.25) is 0 Å². The van der Waals surface area contributed by atoms with Crippen LogP contribution >= 0.6 is 0 Å². The normalized spacial score (nSPS) is 19.3. The van der Waals surface area contributed by atoms with E-state index in [0.29, 0.717) is 0 Å². The van der Waals surface area contributed by atoms with Gasteiger partial charge in [-0.25, -0.2) is 4.79 Å². The molecule has 0 aromatic heterocycles. The van der Waals surface area contributed by atoms with E-state index in [1.165, 1.54) is 6.08 Å². The number of carbonyl (C=O) groups excluding carboxylic acids is 2. The molecule has 3 rings (SSSR count). The van der Waals surface area contributed by atoms with E-state index in [4.69, 9.17) is 9.84 Å². The van der Waals surface area contributed by atoms with Crippen LogP contribution in [-0.4, -0.2) is 59.3 Å². The van der Waals surface area contributed by atoms with Crippen molar-refractivity contribution in [2.24, 2.45) is 0 Å². The van der Waals surface area contributed by atoms with Crippen molar-refractivity contribution in [3.05, 3.63) is 35.9 Å². The summed E-state index contributed by atoms with van der Waals surface area (Å²) in [6, 6.07) is 7.99. The van der Waals surface area contributed by atoms with Crippen molar-refractivity contribution in [2.45, 2.75) is 64.0 Å². The van der Waals surface area contributed by atoms with E-state index in [1.807, 2.05) is 43.9 Å². The highest BCUT2D eigenvalue weighted by atomic mass is 16.6. The van der Waals surface area contributed by atoms with E-state index in [-0.39, 0.29) is 17.4 Å². The smallest absolute Gasteiger partial charge is 0.410 e. The molecular formula is C24H34N2O4. The molecule has 6 nitrogen and oxygen atoms in total. The van der Waals surface area contributed by atoms with Crippen LogP contribution < -0.4 is 4.90 Å². The van der Waals surface area contributed by atoms with Crippen LogP contribution in [0.1, 0.15) is 58.4 Å². The molecule has 6 heteroatoms. The van der Waals surface area contributed by atoms with Crippen LogP contribution in [0, 0.1) is 0 Å². The molecule has 2 saturated heterocycles. The Hall–Kier alpha value is -2.34. The third-order valence-corrected chi connectivity index (χ3v) is 6.04. The summed E-state index contributed by atoms with van der Waals surface area (Å²) in [6.45, 7) is 7.71. The van der Waals surface area contributed by atoms with E-state index in [0.717, 1.165) is 63.0 Å². The molecule has 0 aliphatic carbocycles. The maximum Gasteiger partial charge on any atom is 0.410 e. The lowest BCUT2D eigenvalue weighted by Gasteiger charge is -2.51. The molecule has 2 heterocycles. The second-order valence-electron chi connectivity index (χ2n) is 9.32. The second kappa shape index (κ2) is 9.21. The minimum absolute atomic E-state index is 0.130. The first kappa shape index (κ1) is 22.3. The molecule has 0 unspecified atom stereocenters. The van der Waals surface area contributed by atoms with Gasteiger partial charge in [-0.15, -0.1) is 0 Å². The summed E-state index contributed by atoms with van der Waals surface area (Å²) in [7, 11) is 0. The summed E-state index contributed by atoms with van der Waals surface area (Å²) in [5.41, 5.74) is 1.42. The number of aliphatic hydroxyl groups excluding tert-OH is 1. The minimum Gasteiger partial charge on any atom is -0.444 e. The Morgan fingerprint density at radius 2 is 1.80 bits per heavy atom. The standard InChI is InChI=1S/C24H34N2O4/c1-23(2,3)30-22(29)26-15-7-6-12-24(26)13-16-25(17-14-24)21-9-5-4-8-19(21)10-11-20(28)18-27/h4-5,8-11,27H,6-7,12-18H2,1-3H3/b11-10+. The summed E-state index contributed by atoms with van der Waals surface area (Å²) in [5.74, 6) is -0.308. The van der Waals surface area contributed by atoms with Crippen LogP contribution in [0.4, 0.5) is 10.5 Å². The Morgan fingerprint density at radius 1 is 1.10 bits per heavy atom. The van der Waals surface area contributed by atoms with Gasteiger partial charge in [-0.1, -0.05) is 18.2 Å². The summed E-state index contributed by atoms with van der Waals surface area (Å²) in [6.07, 6.45) is 7.99. The number of carbonyl (C=O) groups is 2. The van der Waals surface area contributed by atoms with Crippen LogP contribution in [0.5, 0.6) is 0 Å². The lowest BCUT2D eigenvalue weighted by atomic mass is 9.78. The lowest BCUT2D eigenvalue weighted by molar-refractivity contribution is -0.117. The number of nitrogens with zero attached hydrogens (tertiary/aromatic N) is 2. The van der Waals surface area contributed by atoms with Crippen molar-refractivity contribution >= 4 is 23.6 Å². The van der Waals surface area contributed by atoms with E-state index < -0.39 is 12.2 Å². The van der Waals surface area contributed by atoms with Gasteiger partial charge in [0.25, 0.3) is 0 Å². The predicted octanol–water partition coefficient (Wildman–Crippen LogP) is 4.02. The van der Waals surface area contributed by atoms with Gasteiger partial charge in [0, 0.05) is 30.9 Å². The van der Waals surface area contributed by atoms with E-state index >= 15 is 0 Å². The molecule has 2 aliphatic heterocycles. The van der Waals surface area contributed by atoms with E-state index in [2.05, 4.69) is 11.0 Å². The fraction of sp³-hybridized carbons (Fsp3) is 0.583. The van der Waals surface area contributed by atoms with Crippen molar-refractivity contribution in [2.75, 3.05) is 31.1 Å². The quantitative estimate of drug-likeness (QED) is 0.754. The van der Waals surface area contributed by atoms with Crippen molar-refractivity contribution in [3.63, 3.8) is 0 Å². The molecule has 2 fully saturated rings. The third-order valence-electron chi connectivity index (χ3n) is 6.04. The summed E-state index contributed by atoms with van der Waals surface area (Å²) in [4.78, 5) is 28.7. The molecule has 1 amide bonds. The average Bonchev–Trinajstić information content (AvgIpc) is 2.72. The van der Waals surface area contributed by atoms with Gasteiger partial charge < -0.3 is 19.6 Å². The predicted molar refractivity (Wildman–Crippen MR) is 119 cm³/mol. The number of ketones is 1. The second-order valence-corrected chi connectivity index (χ2v) is 9.32. The number of ether oxygens (including phenoxy) is 1. The SMILES string of the molecule is CC(C)(C)OC(=O)N1CCCCC12CCN(c1ccccc1/C=C/C(=O)CO)CC2. The number of piperidine rings is 2. The summed E-state index contributed by atoms with van der Waals surface area (Å²) in [5, 5.41) is 8.96. The number of rotatable bonds is 4. The van der Waals surface area contributed by atoms with E-state index in [1.54, 1.807) is 6.08 Å². The summed E-state index contributed by atoms with van der Waals surface area (Å²) < 4.78 is 5.71. The Morgan fingerprint density at radius 3 is 2.47 bits per heavy atom. The lowest BCUT2D eigenvalue weighted by Crippen LogP contribution is -2.60. The minimum atomic E-state index is -0.492. The van der Waals surface area contributed by atoms with Crippen LogP contribution in [-0.2, 0) is 9.53 Å². The van der Waals surface area contributed by atoms with Crippen LogP contribution in [0.15, 0.2) is 30.3 Å². The zero-order valence-corrected chi connectivity index (χ0v) is 18.4. The van der Waals surface area contributed by atoms with Crippen LogP contribution in [0.3, 0.4) is 0 Å². The van der Waals surface area contributed by atoms with Crippen molar-refractivity contribution in [3.8, 4) is 0 Å². The van der Waals surface area contributed by atoms with Gasteiger partial charge in [-0.05, 0) is 76.7 Å². The Balaban J connectivity index is 1.74. The first-order valence-corrected chi connectivity index (χ1v) is 10.9. The molecule has 0 radical (unpaired) electrons. The van der Waals surface area contributed by atoms with Gasteiger partial charge in [-0.3, -0.25) is 4.79 Å². The van der Waals surface area contributed by atoms with Crippen molar-refractivity contribution in [1.82, 2.24) is 4.90 Å². The highest BCUT2D eigenvalue weighted by molar-refractivity contribution is 5.95. The molecule has 0 saturated carbocycles. The van der Waals surface area contributed by atoms with Crippen LogP contribution in [0.2, 0.25) is 0 Å². The van der Waals surface area contributed by atoms with Gasteiger partial charge in [0.1, 0.15) is 12.2 Å². The largest absolute Gasteiger partial charge is 0.444 e. The molecule has 1 aromatic rings. The van der Waals surface area contributed by atoms with Gasteiger partial charge in [0.15, 0.2) is 5.78 Å². The number of hydrogen-bond donors (Lipinski definition) is 1. The Labute approximate surface area is 179 Å². The average molecular weight is 415 g/mol. The molecule has 0 atom stereocenters. The molecule has 1 aromatic carbocycles. The topological polar surface area (TPSA) is 70.1 Å². The number of hydrogen-bond acceptors (Lipinski definition) is 5. The molecule has 164 valence electrons. The zero-order valence-electron chi connectivity index (χ0n) is 18.4. The highest BCUT2D eigenvalue weighted by Crippen LogP contribution is 2.39. The number of likely N-dealkylation sites (tertiary alicyclic amines) is 1. The molecule has 30 heavy (non-hydrogen) atoms. The zero-order chi connectivity index (χ0) is 21.8. The maximum atomic E-state index is 12.9. The van der Waals surface area contributed by atoms with Gasteiger partial charge in [-0.2, -0.15) is 0 Å². The molecule has 1 spiro atoms. The van der Waals surface area contributed by atoms with Crippen molar-refractivity contribution < 1.29 is 19.4 Å². The third kappa shape index (κ3) is 5.22.